The van der Waals surface area contributed by atoms with Crippen molar-refractivity contribution in [3.8, 4) is 0 Å². The number of benzene rings is 2. The Balaban J connectivity index is 1.34. The van der Waals surface area contributed by atoms with Crippen molar-refractivity contribution in [2.24, 2.45) is 17.8 Å². The summed E-state index contributed by atoms with van der Waals surface area (Å²) in [5, 5.41) is 2.69. The van der Waals surface area contributed by atoms with Crippen LogP contribution in [0.2, 0.25) is 0 Å². The molecule has 1 heterocycles. The Morgan fingerprint density at radius 2 is 1.64 bits per heavy atom. The first-order chi connectivity index (χ1) is 15.9. The monoisotopic (exact) mass is 448 g/mol. The summed E-state index contributed by atoms with van der Waals surface area (Å²) in [5.41, 5.74) is 2.49. The van der Waals surface area contributed by atoms with E-state index in [4.69, 9.17) is 4.74 Å². The van der Waals surface area contributed by atoms with Crippen LogP contribution in [0.15, 0.2) is 48.5 Å². The number of imide groups is 1. The van der Waals surface area contributed by atoms with Gasteiger partial charge in [-0.3, -0.25) is 19.3 Å². The predicted molar refractivity (Wildman–Crippen MR) is 124 cm³/mol. The van der Waals surface area contributed by atoms with Crippen molar-refractivity contribution >= 4 is 35.1 Å². The maximum atomic E-state index is 12.8. The van der Waals surface area contributed by atoms with Gasteiger partial charge < -0.3 is 10.1 Å². The molecule has 1 N–H and O–H groups in total. The van der Waals surface area contributed by atoms with E-state index in [2.05, 4.69) is 12.2 Å². The lowest BCUT2D eigenvalue weighted by Gasteiger charge is -2.25. The first kappa shape index (κ1) is 22.7. The molecule has 0 unspecified atom stereocenters. The molecule has 2 fully saturated rings. The molecule has 7 nitrogen and oxygen atoms in total. The van der Waals surface area contributed by atoms with Crippen LogP contribution in [0.5, 0.6) is 0 Å². The molecule has 1 saturated carbocycles. The minimum Gasteiger partial charge on any atom is -0.452 e. The van der Waals surface area contributed by atoms with E-state index in [0.717, 1.165) is 31.2 Å². The number of esters is 1. The van der Waals surface area contributed by atoms with Gasteiger partial charge in [0.25, 0.3) is 5.91 Å². The number of fused-ring (bicyclic) bond motifs is 1. The summed E-state index contributed by atoms with van der Waals surface area (Å²) >= 11 is 0. The zero-order chi connectivity index (χ0) is 23.5. The van der Waals surface area contributed by atoms with Gasteiger partial charge in [-0.1, -0.05) is 26.0 Å². The van der Waals surface area contributed by atoms with E-state index in [0.29, 0.717) is 17.3 Å². The van der Waals surface area contributed by atoms with E-state index in [1.54, 1.807) is 24.3 Å². The lowest BCUT2D eigenvalue weighted by molar-refractivity contribution is -0.122. The summed E-state index contributed by atoms with van der Waals surface area (Å²) in [4.78, 5) is 51.3. The molecule has 7 heteroatoms. The average molecular weight is 449 g/mol. The molecular formula is C26H28N2O5. The topological polar surface area (TPSA) is 92.8 Å². The summed E-state index contributed by atoms with van der Waals surface area (Å²) in [6.45, 7) is 3.74. The predicted octanol–water partition coefficient (Wildman–Crippen LogP) is 3.97. The highest BCUT2D eigenvalue weighted by molar-refractivity contribution is 6.22. The maximum absolute atomic E-state index is 12.8. The number of anilines is 2. The van der Waals surface area contributed by atoms with Crippen molar-refractivity contribution in [1.29, 1.82) is 0 Å². The first-order valence-electron chi connectivity index (χ1n) is 11.4. The van der Waals surface area contributed by atoms with Gasteiger partial charge in [0, 0.05) is 5.69 Å². The van der Waals surface area contributed by atoms with Gasteiger partial charge in [0.15, 0.2) is 6.61 Å². The van der Waals surface area contributed by atoms with E-state index < -0.39 is 18.5 Å². The molecule has 1 saturated heterocycles. The zero-order valence-electron chi connectivity index (χ0n) is 18.9. The molecule has 2 aromatic rings. The molecule has 3 amide bonds. The second-order valence-electron chi connectivity index (χ2n) is 8.86. The van der Waals surface area contributed by atoms with E-state index in [1.807, 2.05) is 19.1 Å². The zero-order valence-corrected chi connectivity index (χ0v) is 18.9. The lowest BCUT2D eigenvalue weighted by atomic mass is 9.76. The van der Waals surface area contributed by atoms with Crippen LogP contribution < -0.4 is 10.2 Å². The van der Waals surface area contributed by atoms with Gasteiger partial charge in [-0.2, -0.15) is 0 Å². The Labute approximate surface area is 193 Å². The summed E-state index contributed by atoms with van der Waals surface area (Å²) in [6.07, 6.45) is 3.34. The quantitative estimate of drug-likeness (QED) is 0.533. The molecule has 2 aliphatic rings. The van der Waals surface area contributed by atoms with Crippen molar-refractivity contribution in [2.75, 3.05) is 16.8 Å². The fourth-order valence-corrected chi connectivity index (χ4v) is 4.63. The van der Waals surface area contributed by atoms with Gasteiger partial charge in [-0.25, -0.2) is 4.79 Å². The van der Waals surface area contributed by atoms with Crippen LogP contribution >= 0.6 is 0 Å². The van der Waals surface area contributed by atoms with E-state index in [9.17, 15) is 19.2 Å². The number of hydrogen-bond donors (Lipinski definition) is 1. The molecule has 0 aromatic heterocycles. The Bertz CT molecular complexity index is 1060. The minimum absolute atomic E-state index is 0.157. The number of hydrogen-bond acceptors (Lipinski definition) is 5. The largest absolute Gasteiger partial charge is 0.452 e. The second-order valence-corrected chi connectivity index (χ2v) is 8.86. The van der Waals surface area contributed by atoms with Gasteiger partial charge >= 0.3 is 5.97 Å². The third-order valence-corrected chi connectivity index (χ3v) is 6.53. The van der Waals surface area contributed by atoms with Crippen LogP contribution in [0.3, 0.4) is 0 Å². The van der Waals surface area contributed by atoms with Crippen molar-refractivity contribution < 1.29 is 23.9 Å². The molecule has 0 radical (unpaired) electrons. The average Bonchev–Trinajstić information content (AvgIpc) is 3.07. The van der Waals surface area contributed by atoms with Gasteiger partial charge in [0.2, 0.25) is 11.8 Å². The van der Waals surface area contributed by atoms with Crippen LogP contribution in [-0.2, 0) is 25.5 Å². The number of amides is 3. The van der Waals surface area contributed by atoms with E-state index in [1.165, 1.54) is 17.0 Å². The number of aryl methyl sites for hydroxylation is 1. The molecule has 0 bridgehead atoms. The molecule has 1 aliphatic carbocycles. The standard InChI is InChI=1S/C26H28N2O5/c1-3-17-5-9-19(10-6-17)27-23(29)15-33-26(32)18-7-11-20(12-8-18)28-24(30)21-13-4-16(2)14-22(21)25(28)31/h5-12,16,21-22H,3-4,13-15H2,1-2H3,(H,27,29)/t16-,21+,22+/m0/s1. The van der Waals surface area contributed by atoms with E-state index in [-0.39, 0.29) is 29.2 Å². The number of nitrogens with zero attached hydrogens (tertiary/aromatic N) is 1. The van der Waals surface area contributed by atoms with Gasteiger partial charge in [0.1, 0.15) is 0 Å². The third-order valence-electron chi connectivity index (χ3n) is 6.53. The second kappa shape index (κ2) is 9.57. The Morgan fingerprint density at radius 3 is 2.30 bits per heavy atom. The van der Waals surface area contributed by atoms with Crippen molar-refractivity contribution in [1.82, 2.24) is 0 Å². The van der Waals surface area contributed by atoms with Crippen molar-refractivity contribution in [3.63, 3.8) is 0 Å². The van der Waals surface area contributed by atoms with Crippen molar-refractivity contribution in [2.45, 2.75) is 39.5 Å². The molecule has 33 heavy (non-hydrogen) atoms. The fraction of sp³-hybridized carbons (Fsp3) is 0.385. The molecule has 4 rings (SSSR count). The van der Waals surface area contributed by atoms with Crippen molar-refractivity contribution in [3.05, 3.63) is 59.7 Å². The highest BCUT2D eigenvalue weighted by Crippen LogP contribution is 2.42. The number of rotatable bonds is 6. The first-order valence-corrected chi connectivity index (χ1v) is 11.4. The van der Waals surface area contributed by atoms with Gasteiger partial charge in [0.05, 0.1) is 23.1 Å². The lowest BCUT2D eigenvalue weighted by Crippen LogP contribution is -2.30. The molecule has 3 atom stereocenters. The van der Waals surface area contributed by atoms with Crippen LogP contribution in [0, 0.1) is 17.8 Å². The molecule has 172 valence electrons. The SMILES string of the molecule is CCc1ccc(NC(=O)COC(=O)c2ccc(N3C(=O)[C@@H]4CC[C@H](C)C[C@H]4C3=O)cc2)cc1. The Kier molecular flexibility index (Phi) is 6.58. The fourth-order valence-electron chi connectivity index (χ4n) is 4.63. The van der Waals surface area contributed by atoms with E-state index >= 15 is 0 Å². The highest BCUT2D eigenvalue weighted by Gasteiger charge is 2.49. The molecule has 2 aromatic carbocycles. The number of ether oxygens (including phenoxy) is 1. The summed E-state index contributed by atoms with van der Waals surface area (Å²) in [5.74, 6) is -1.45. The summed E-state index contributed by atoms with van der Waals surface area (Å²) < 4.78 is 5.11. The Morgan fingerprint density at radius 1 is 0.970 bits per heavy atom. The number of carbonyl (C=O) groups is 4. The molecule has 0 spiro atoms. The highest BCUT2D eigenvalue weighted by atomic mass is 16.5. The van der Waals surface area contributed by atoms with Gasteiger partial charge in [-0.15, -0.1) is 0 Å². The smallest absolute Gasteiger partial charge is 0.338 e. The minimum atomic E-state index is -0.653. The molecular weight excluding hydrogens is 420 g/mol. The van der Waals surface area contributed by atoms with Crippen LogP contribution in [0.25, 0.3) is 0 Å². The van der Waals surface area contributed by atoms with Crippen LogP contribution in [0.4, 0.5) is 11.4 Å². The number of nitrogens with one attached hydrogen (secondary N) is 1. The normalized spacial score (nSPS) is 22.1. The summed E-state index contributed by atoms with van der Waals surface area (Å²) in [6, 6.07) is 13.6. The number of carbonyl (C=O) groups excluding carboxylic acids is 4. The maximum Gasteiger partial charge on any atom is 0.338 e. The Hall–Kier alpha value is -3.48. The van der Waals surface area contributed by atoms with Gasteiger partial charge in [-0.05, 0) is 73.6 Å². The summed E-state index contributed by atoms with van der Waals surface area (Å²) in [7, 11) is 0. The van der Waals surface area contributed by atoms with Crippen LogP contribution in [0.1, 0.15) is 49.0 Å². The third kappa shape index (κ3) is 4.82. The molecule has 1 aliphatic heterocycles. The van der Waals surface area contributed by atoms with Crippen LogP contribution in [-0.4, -0.2) is 30.3 Å².